The standard InChI is InChI=1S/C21H16N2O2S/c24-20-19(22-21(26)23(20)16-7-3-1-4-8-16)15-11-13-18(14-12-15)25-17-9-5-2-6-10-17/h1-14,19H,(H,22,26). The molecule has 3 aromatic carbocycles. The zero-order valence-corrected chi connectivity index (χ0v) is 14.6. The Hall–Kier alpha value is -3.18. The number of para-hydroxylation sites is 2. The number of ether oxygens (including phenoxy) is 1. The molecule has 0 aromatic heterocycles. The third-order valence-corrected chi connectivity index (χ3v) is 4.45. The van der Waals surface area contributed by atoms with Crippen LogP contribution in [0.4, 0.5) is 5.69 Å². The number of carbonyl (C=O) groups is 1. The van der Waals surface area contributed by atoms with E-state index in [0.29, 0.717) is 10.9 Å². The number of thiocarbonyl (C=S) groups is 1. The molecule has 1 aliphatic heterocycles. The Labute approximate surface area is 157 Å². The summed E-state index contributed by atoms with van der Waals surface area (Å²) in [6, 6.07) is 25.9. The van der Waals surface area contributed by atoms with Crippen LogP contribution in [0.25, 0.3) is 0 Å². The minimum absolute atomic E-state index is 0.0853. The summed E-state index contributed by atoms with van der Waals surface area (Å²) >= 11 is 5.36. The second-order valence-electron chi connectivity index (χ2n) is 5.88. The summed E-state index contributed by atoms with van der Waals surface area (Å²) in [5.74, 6) is 1.40. The largest absolute Gasteiger partial charge is 0.457 e. The monoisotopic (exact) mass is 360 g/mol. The molecule has 0 spiro atoms. The first-order chi connectivity index (χ1) is 12.7. The summed E-state index contributed by atoms with van der Waals surface area (Å²) in [4.78, 5) is 14.4. The van der Waals surface area contributed by atoms with E-state index in [0.717, 1.165) is 17.0 Å². The lowest BCUT2D eigenvalue weighted by Crippen LogP contribution is -2.30. The van der Waals surface area contributed by atoms with Crippen LogP contribution in [0, 0.1) is 0 Å². The molecule has 1 unspecified atom stereocenters. The summed E-state index contributed by atoms with van der Waals surface area (Å²) in [5, 5.41) is 3.52. The van der Waals surface area contributed by atoms with Crippen molar-refractivity contribution in [2.45, 2.75) is 6.04 Å². The van der Waals surface area contributed by atoms with Gasteiger partial charge in [0, 0.05) is 0 Å². The van der Waals surface area contributed by atoms with E-state index in [9.17, 15) is 4.79 Å². The number of rotatable bonds is 4. The predicted molar refractivity (Wildman–Crippen MR) is 105 cm³/mol. The lowest BCUT2D eigenvalue weighted by Gasteiger charge is -2.14. The van der Waals surface area contributed by atoms with Crippen LogP contribution in [0.5, 0.6) is 11.5 Å². The zero-order valence-electron chi connectivity index (χ0n) is 13.8. The third kappa shape index (κ3) is 3.17. The molecule has 5 heteroatoms. The van der Waals surface area contributed by atoms with Crippen molar-refractivity contribution in [2.75, 3.05) is 4.90 Å². The molecule has 0 bridgehead atoms. The first kappa shape index (κ1) is 16.3. The molecule has 1 N–H and O–H groups in total. The summed E-state index contributed by atoms with van der Waals surface area (Å²) in [6.45, 7) is 0. The number of anilines is 1. The molecule has 4 rings (SSSR count). The normalized spacial score (nSPS) is 16.5. The SMILES string of the molecule is O=C1C(c2ccc(Oc3ccccc3)cc2)NC(=S)N1c1ccccc1. The zero-order chi connectivity index (χ0) is 17.9. The Balaban J connectivity index is 1.53. The molecule has 1 atom stereocenters. The van der Waals surface area contributed by atoms with Gasteiger partial charge in [-0.15, -0.1) is 0 Å². The highest BCUT2D eigenvalue weighted by molar-refractivity contribution is 7.80. The van der Waals surface area contributed by atoms with Gasteiger partial charge in [0.2, 0.25) is 0 Å². The van der Waals surface area contributed by atoms with Crippen molar-refractivity contribution in [2.24, 2.45) is 0 Å². The Morgan fingerprint density at radius 1 is 0.808 bits per heavy atom. The molecule has 1 saturated heterocycles. The number of benzene rings is 3. The Morgan fingerprint density at radius 3 is 2.04 bits per heavy atom. The van der Waals surface area contributed by atoms with Gasteiger partial charge in [0.05, 0.1) is 5.69 Å². The molecule has 26 heavy (non-hydrogen) atoms. The molecule has 1 aliphatic rings. The fourth-order valence-electron chi connectivity index (χ4n) is 2.88. The van der Waals surface area contributed by atoms with Crippen LogP contribution in [0.3, 0.4) is 0 Å². The molecular weight excluding hydrogens is 344 g/mol. The smallest absolute Gasteiger partial charge is 0.260 e. The van der Waals surface area contributed by atoms with Crippen LogP contribution < -0.4 is 15.0 Å². The molecule has 4 nitrogen and oxygen atoms in total. The van der Waals surface area contributed by atoms with Crippen molar-refractivity contribution in [3.05, 3.63) is 90.5 Å². The Kier molecular flexibility index (Phi) is 4.37. The second-order valence-corrected chi connectivity index (χ2v) is 6.26. The molecule has 0 radical (unpaired) electrons. The Bertz CT molecular complexity index is 927. The number of hydrogen-bond acceptors (Lipinski definition) is 3. The van der Waals surface area contributed by atoms with Crippen LogP contribution in [0.2, 0.25) is 0 Å². The average molecular weight is 360 g/mol. The highest BCUT2D eigenvalue weighted by Gasteiger charge is 2.37. The third-order valence-electron chi connectivity index (χ3n) is 4.14. The fourth-order valence-corrected chi connectivity index (χ4v) is 3.19. The van der Waals surface area contributed by atoms with Gasteiger partial charge < -0.3 is 10.1 Å². The topological polar surface area (TPSA) is 41.6 Å². The lowest BCUT2D eigenvalue weighted by molar-refractivity contribution is -0.118. The van der Waals surface area contributed by atoms with E-state index >= 15 is 0 Å². The maximum absolute atomic E-state index is 12.8. The summed E-state index contributed by atoms with van der Waals surface area (Å²) in [5.41, 5.74) is 1.61. The van der Waals surface area contributed by atoms with Crippen molar-refractivity contribution in [1.82, 2.24) is 5.32 Å². The summed E-state index contributed by atoms with van der Waals surface area (Å²) in [6.07, 6.45) is 0. The van der Waals surface area contributed by atoms with Gasteiger partial charge in [-0.3, -0.25) is 9.69 Å². The van der Waals surface area contributed by atoms with Gasteiger partial charge in [-0.1, -0.05) is 48.5 Å². The molecule has 128 valence electrons. The van der Waals surface area contributed by atoms with Gasteiger partial charge >= 0.3 is 0 Å². The van der Waals surface area contributed by atoms with Crippen LogP contribution >= 0.6 is 12.2 Å². The van der Waals surface area contributed by atoms with Crippen LogP contribution in [-0.4, -0.2) is 11.0 Å². The average Bonchev–Trinajstić information content (AvgIpc) is 2.98. The van der Waals surface area contributed by atoms with Gasteiger partial charge in [-0.25, -0.2) is 0 Å². The van der Waals surface area contributed by atoms with Gasteiger partial charge in [-0.2, -0.15) is 0 Å². The minimum Gasteiger partial charge on any atom is -0.457 e. The van der Waals surface area contributed by atoms with Crippen LogP contribution in [0.15, 0.2) is 84.9 Å². The number of nitrogens with zero attached hydrogens (tertiary/aromatic N) is 1. The van der Waals surface area contributed by atoms with E-state index in [4.69, 9.17) is 17.0 Å². The number of carbonyl (C=O) groups excluding carboxylic acids is 1. The van der Waals surface area contributed by atoms with Gasteiger partial charge in [-0.05, 0) is 54.2 Å². The van der Waals surface area contributed by atoms with E-state index in [1.165, 1.54) is 4.90 Å². The molecule has 1 heterocycles. The molecule has 0 aliphatic carbocycles. The highest BCUT2D eigenvalue weighted by atomic mass is 32.1. The predicted octanol–water partition coefficient (Wildman–Crippen LogP) is 4.44. The number of nitrogens with one attached hydrogen (secondary N) is 1. The van der Waals surface area contributed by atoms with Gasteiger partial charge in [0.1, 0.15) is 17.5 Å². The molecule has 1 amide bonds. The molecular formula is C21H16N2O2S. The van der Waals surface area contributed by atoms with E-state index < -0.39 is 6.04 Å². The van der Waals surface area contributed by atoms with E-state index in [2.05, 4.69) is 5.32 Å². The van der Waals surface area contributed by atoms with Crippen molar-refractivity contribution >= 4 is 28.9 Å². The minimum atomic E-state index is -0.492. The quantitative estimate of drug-likeness (QED) is 0.699. The van der Waals surface area contributed by atoms with E-state index in [1.807, 2.05) is 84.9 Å². The van der Waals surface area contributed by atoms with Crippen molar-refractivity contribution in [3.63, 3.8) is 0 Å². The van der Waals surface area contributed by atoms with Crippen molar-refractivity contribution in [3.8, 4) is 11.5 Å². The molecule has 0 saturated carbocycles. The van der Waals surface area contributed by atoms with Crippen molar-refractivity contribution < 1.29 is 9.53 Å². The first-order valence-corrected chi connectivity index (χ1v) is 8.65. The van der Waals surface area contributed by atoms with Gasteiger partial charge in [0.25, 0.3) is 5.91 Å². The first-order valence-electron chi connectivity index (χ1n) is 8.25. The summed E-state index contributed by atoms with van der Waals surface area (Å²) in [7, 11) is 0. The number of hydrogen-bond donors (Lipinski definition) is 1. The maximum Gasteiger partial charge on any atom is 0.260 e. The molecule has 1 fully saturated rings. The maximum atomic E-state index is 12.8. The van der Waals surface area contributed by atoms with Gasteiger partial charge in [0.15, 0.2) is 5.11 Å². The summed E-state index contributed by atoms with van der Waals surface area (Å²) < 4.78 is 5.79. The van der Waals surface area contributed by atoms with E-state index in [-0.39, 0.29) is 5.91 Å². The Morgan fingerprint density at radius 2 is 1.38 bits per heavy atom. The molecule has 3 aromatic rings. The van der Waals surface area contributed by atoms with E-state index in [1.54, 1.807) is 0 Å². The fraction of sp³-hybridized carbons (Fsp3) is 0.0476. The highest BCUT2D eigenvalue weighted by Crippen LogP contribution is 2.29. The van der Waals surface area contributed by atoms with Crippen LogP contribution in [-0.2, 0) is 4.79 Å². The lowest BCUT2D eigenvalue weighted by atomic mass is 10.1. The van der Waals surface area contributed by atoms with Crippen molar-refractivity contribution in [1.29, 1.82) is 0 Å². The number of amides is 1. The second kappa shape index (κ2) is 6.98. The van der Waals surface area contributed by atoms with Crippen LogP contribution in [0.1, 0.15) is 11.6 Å².